The molecule has 1 N–H and O–H groups in total. The molecular formula is C17H19N3O2S. The van der Waals surface area contributed by atoms with Crippen LogP contribution >= 0.6 is 11.3 Å². The van der Waals surface area contributed by atoms with Gasteiger partial charge in [0.1, 0.15) is 0 Å². The molecule has 3 rings (SSSR count). The average molecular weight is 329 g/mol. The molecule has 0 aliphatic carbocycles. The van der Waals surface area contributed by atoms with Crippen molar-refractivity contribution in [3.8, 4) is 0 Å². The van der Waals surface area contributed by atoms with Gasteiger partial charge in [0.2, 0.25) is 0 Å². The number of carbonyl (C=O) groups excluding carboxylic acids is 2. The van der Waals surface area contributed by atoms with Crippen LogP contribution in [-0.4, -0.2) is 34.8 Å². The fourth-order valence-electron chi connectivity index (χ4n) is 2.87. The summed E-state index contributed by atoms with van der Waals surface area (Å²) in [6.45, 7) is 1.28. The molecule has 0 atom stereocenters. The van der Waals surface area contributed by atoms with Gasteiger partial charge >= 0.3 is 11.8 Å². The number of hydrogen-bond donors (Lipinski definition) is 1. The molecule has 0 spiro atoms. The van der Waals surface area contributed by atoms with E-state index >= 15 is 0 Å². The van der Waals surface area contributed by atoms with Gasteiger partial charge in [-0.15, -0.1) is 11.3 Å². The number of thiazole rings is 1. The molecule has 0 bridgehead atoms. The van der Waals surface area contributed by atoms with E-state index in [9.17, 15) is 9.59 Å². The van der Waals surface area contributed by atoms with Crippen LogP contribution < -0.4 is 5.32 Å². The van der Waals surface area contributed by atoms with Gasteiger partial charge in [-0.1, -0.05) is 30.3 Å². The van der Waals surface area contributed by atoms with Crippen molar-refractivity contribution in [3.05, 3.63) is 47.5 Å². The number of carbonyl (C=O) groups is 2. The Morgan fingerprint density at radius 2 is 1.96 bits per heavy atom. The second-order valence-corrected chi connectivity index (χ2v) is 6.61. The van der Waals surface area contributed by atoms with Crippen LogP contribution in [0.5, 0.6) is 0 Å². The molecule has 1 fully saturated rings. The van der Waals surface area contributed by atoms with E-state index < -0.39 is 11.8 Å². The third-order valence-electron chi connectivity index (χ3n) is 4.12. The average Bonchev–Trinajstić information content (AvgIpc) is 3.09. The highest BCUT2D eigenvalue weighted by Crippen LogP contribution is 2.22. The first-order chi connectivity index (χ1) is 11.2. The van der Waals surface area contributed by atoms with Crippen LogP contribution in [0.3, 0.4) is 0 Å². The zero-order valence-corrected chi connectivity index (χ0v) is 13.6. The van der Waals surface area contributed by atoms with Gasteiger partial charge in [0.05, 0.1) is 0 Å². The molecule has 2 amide bonds. The smallest absolute Gasteiger partial charge is 0.315 e. The number of rotatable bonds is 3. The highest BCUT2D eigenvalue weighted by molar-refractivity contribution is 7.13. The molecule has 5 nitrogen and oxygen atoms in total. The van der Waals surface area contributed by atoms with Gasteiger partial charge < -0.3 is 4.90 Å². The Labute approximate surface area is 139 Å². The van der Waals surface area contributed by atoms with Crippen molar-refractivity contribution in [1.82, 2.24) is 9.88 Å². The van der Waals surface area contributed by atoms with Gasteiger partial charge in [0.15, 0.2) is 5.13 Å². The normalized spacial score (nSPS) is 15.4. The zero-order valence-electron chi connectivity index (χ0n) is 12.8. The minimum atomic E-state index is -0.596. The molecule has 0 saturated carbocycles. The van der Waals surface area contributed by atoms with Crippen LogP contribution in [-0.2, 0) is 16.0 Å². The number of amides is 2. The first kappa shape index (κ1) is 15.7. The molecule has 6 heteroatoms. The number of aromatic nitrogens is 1. The SMILES string of the molecule is O=C(Nc1nccs1)C(=O)N1CCC(Cc2ccccc2)CC1. The summed E-state index contributed by atoms with van der Waals surface area (Å²) in [4.78, 5) is 29.7. The summed E-state index contributed by atoms with van der Waals surface area (Å²) in [5.41, 5.74) is 1.33. The maximum Gasteiger partial charge on any atom is 0.315 e. The largest absolute Gasteiger partial charge is 0.334 e. The Hall–Kier alpha value is -2.21. The Morgan fingerprint density at radius 1 is 1.22 bits per heavy atom. The fraction of sp³-hybridized carbons (Fsp3) is 0.353. The number of hydrogen-bond acceptors (Lipinski definition) is 4. The van der Waals surface area contributed by atoms with Crippen molar-refractivity contribution in [1.29, 1.82) is 0 Å². The number of piperidine rings is 1. The van der Waals surface area contributed by atoms with Crippen LogP contribution in [0.15, 0.2) is 41.9 Å². The second-order valence-electron chi connectivity index (χ2n) is 5.72. The Bertz CT molecular complexity index is 650. The summed E-state index contributed by atoms with van der Waals surface area (Å²) in [6.07, 6.45) is 4.50. The summed E-state index contributed by atoms with van der Waals surface area (Å²) in [5, 5.41) is 4.77. The van der Waals surface area contributed by atoms with Crippen LogP contribution in [0.1, 0.15) is 18.4 Å². The summed E-state index contributed by atoms with van der Waals surface area (Å²) in [5.74, 6) is -0.483. The van der Waals surface area contributed by atoms with E-state index in [1.165, 1.54) is 16.9 Å². The number of likely N-dealkylation sites (tertiary alicyclic amines) is 1. The summed E-state index contributed by atoms with van der Waals surface area (Å²) in [6, 6.07) is 10.4. The molecule has 1 aliphatic rings. The molecule has 0 radical (unpaired) electrons. The van der Waals surface area contributed by atoms with Gasteiger partial charge in [-0.3, -0.25) is 14.9 Å². The van der Waals surface area contributed by atoms with Crippen molar-refractivity contribution in [2.75, 3.05) is 18.4 Å². The van der Waals surface area contributed by atoms with Gasteiger partial charge in [-0.25, -0.2) is 4.98 Å². The topological polar surface area (TPSA) is 62.3 Å². The van der Waals surface area contributed by atoms with E-state index in [4.69, 9.17) is 0 Å². The first-order valence-electron chi connectivity index (χ1n) is 7.76. The van der Waals surface area contributed by atoms with Crippen LogP contribution in [0.4, 0.5) is 5.13 Å². The molecule has 23 heavy (non-hydrogen) atoms. The third kappa shape index (κ3) is 4.16. The molecule has 2 aromatic rings. The van der Waals surface area contributed by atoms with E-state index in [-0.39, 0.29) is 0 Å². The predicted octanol–water partition coefficient (Wildman–Crippen LogP) is 2.56. The fourth-order valence-corrected chi connectivity index (χ4v) is 3.39. The zero-order chi connectivity index (χ0) is 16.1. The van der Waals surface area contributed by atoms with Crippen molar-refractivity contribution in [3.63, 3.8) is 0 Å². The molecular weight excluding hydrogens is 310 g/mol. The maximum atomic E-state index is 12.2. The molecule has 1 aromatic carbocycles. The van der Waals surface area contributed by atoms with Crippen molar-refractivity contribution < 1.29 is 9.59 Å². The quantitative estimate of drug-likeness (QED) is 0.880. The maximum absolute atomic E-state index is 12.2. The second kappa shape index (κ2) is 7.37. The molecule has 0 unspecified atom stereocenters. The lowest BCUT2D eigenvalue weighted by atomic mass is 9.90. The van der Waals surface area contributed by atoms with Crippen LogP contribution in [0, 0.1) is 5.92 Å². The number of nitrogens with zero attached hydrogens (tertiary/aromatic N) is 2. The van der Waals surface area contributed by atoms with E-state index in [0.29, 0.717) is 24.1 Å². The number of benzene rings is 1. The number of anilines is 1. The third-order valence-corrected chi connectivity index (χ3v) is 4.80. The summed E-state index contributed by atoms with van der Waals surface area (Å²) in [7, 11) is 0. The van der Waals surface area contributed by atoms with Crippen molar-refractivity contribution in [2.45, 2.75) is 19.3 Å². The minimum Gasteiger partial charge on any atom is -0.334 e. The minimum absolute atomic E-state index is 0.460. The van der Waals surface area contributed by atoms with Gasteiger partial charge in [-0.2, -0.15) is 0 Å². The summed E-state index contributed by atoms with van der Waals surface area (Å²) >= 11 is 1.30. The van der Waals surface area contributed by atoms with E-state index in [1.54, 1.807) is 16.5 Å². The molecule has 1 saturated heterocycles. The Kier molecular flexibility index (Phi) is 5.02. The molecule has 120 valence electrons. The van der Waals surface area contributed by atoms with Crippen molar-refractivity contribution >= 4 is 28.3 Å². The van der Waals surface area contributed by atoms with E-state index in [2.05, 4.69) is 34.6 Å². The standard InChI is InChI=1S/C17H19N3O2S/c21-15(19-17-18-8-11-23-17)16(22)20-9-6-14(7-10-20)12-13-4-2-1-3-5-13/h1-5,8,11,14H,6-7,9-10,12H2,(H,18,19,21). The highest BCUT2D eigenvalue weighted by atomic mass is 32.1. The van der Waals surface area contributed by atoms with Crippen LogP contribution in [0.2, 0.25) is 0 Å². The van der Waals surface area contributed by atoms with Gasteiger partial charge in [-0.05, 0) is 30.7 Å². The first-order valence-corrected chi connectivity index (χ1v) is 8.64. The molecule has 2 heterocycles. The van der Waals surface area contributed by atoms with Crippen molar-refractivity contribution in [2.24, 2.45) is 5.92 Å². The lowest BCUT2D eigenvalue weighted by Crippen LogP contribution is -2.44. The van der Waals surface area contributed by atoms with Gasteiger partial charge in [0.25, 0.3) is 0 Å². The molecule has 1 aromatic heterocycles. The number of nitrogens with one attached hydrogen (secondary N) is 1. The van der Waals surface area contributed by atoms with Crippen LogP contribution in [0.25, 0.3) is 0 Å². The Morgan fingerprint density at radius 3 is 2.61 bits per heavy atom. The summed E-state index contributed by atoms with van der Waals surface area (Å²) < 4.78 is 0. The monoisotopic (exact) mass is 329 g/mol. The lowest BCUT2D eigenvalue weighted by molar-refractivity contribution is -0.144. The highest BCUT2D eigenvalue weighted by Gasteiger charge is 2.27. The predicted molar refractivity (Wildman–Crippen MR) is 90.2 cm³/mol. The molecule has 1 aliphatic heterocycles. The lowest BCUT2D eigenvalue weighted by Gasteiger charge is -2.31. The van der Waals surface area contributed by atoms with E-state index in [0.717, 1.165) is 19.3 Å². The van der Waals surface area contributed by atoms with E-state index in [1.807, 2.05) is 6.07 Å². The Balaban J connectivity index is 1.48. The van der Waals surface area contributed by atoms with Gasteiger partial charge in [0, 0.05) is 24.7 Å².